The third-order valence-electron chi connectivity index (χ3n) is 4.69. The molecule has 0 aromatic carbocycles. The Bertz CT molecular complexity index is 576. The van der Waals surface area contributed by atoms with E-state index in [0.29, 0.717) is 11.3 Å². The Morgan fingerprint density at radius 3 is 2.90 bits per heavy atom. The van der Waals surface area contributed by atoms with Gasteiger partial charge in [0.15, 0.2) is 5.78 Å². The molecule has 5 bridgehead atoms. The fraction of sp³-hybridized carbons (Fsp3) is 0.571. The van der Waals surface area contributed by atoms with Crippen LogP contribution in [0.3, 0.4) is 0 Å². The third kappa shape index (κ3) is 1.17. The number of methoxy groups -OCH3 is 2. The summed E-state index contributed by atoms with van der Waals surface area (Å²) in [6.45, 7) is 0.185. The highest BCUT2D eigenvalue weighted by Gasteiger charge is 2.69. The molecule has 2 aliphatic heterocycles. The molecule has 20 heavy (non-hydrogen) atoms. The molecule has 106 valence electrons. The van der Waals surface area contributed by atoms with Gasteiger partial charge >= 0.3 is 5.97 Å². The molecule has 0 amide bonds. The molecule has 3 aliphatic carbocycles. The van der Waals surface area contributed by atoms with E-state index in [0.717, 1.165) is 0 Å². The minimum absolute atomic E-state index is 0.0388. The second-order valence-corrected chi connectivity index (χ2v) is 5.43. The van der Waals surface area contributed by atoms with Crippen molar-refractivity contribution in [2.75, 3.05) is 20.8 Å². The van der Waals surface area contributed by atoms with E-state index in [1.807, 2.05) is 6.08 Å². The Hall–Kier alpha value is -1.66. The molecule has 5 atom stereocenters. The molecule has 0 aromatic heterocycles. The van der Waals surface area contributed by atoms with Crippen LogP contribution in [0.1, 0.15) is 0 Å². The van der Waals surface area contributed by atoms with Gasteiger partial charge in [0.05, 0.1) is 18.9 Å². The average Bonchev–Trinajstić information content (AvgIpc) is 2.83. The van der Waals surface area contributed by atoms with Crippen molar-refractivity contribution in [3.63, 3.8) is 0 Å². The van der Waals surface area contributed by atoms with E-state index in [-0.39, 0.29) is 24.4 Å². The zero-order chi connectivity index (χ0) is 14.1. The van der Waals surface area contributed by atoms with E-state index < -0.39 is 23.6 Å². The predicted molar refractivity (Wildman–Crippen MR) is 64.2 cm³/mol. The number of hydrogen-bond donors (Lipinski definition) is 0. The second kappa shape index (κ2) is 3.71. The molecule has 1 saturated heterocycles. The molecular formula is C14H14O6. The number of ether oxygens (including phenoxy) is 4. The monoisotopic (exact) mass is 278 g/mol. The normalized spacial score (nSPS) is 43.8. The number of esters is 1. The SMILES string of the molecule is COC(=O)C1=C[C@H]2C(=O)C3(OC)OCC4=C[C@H]2[C@@H](O4)[C@H]13. The lowest BCUT2D eigenvalue weighted by atomic mass is 9.60. The molecule has 2 heterocycles. The summed E-state index contributed by atoms with van der Waals surface area (Å²) in [7, 11) is 2.74. The molecule has 0 aromatic rings. The number of allylic oxidation sites excluding steroid dienone is 1. The van der Waals surface area contributed by atoms with E-state index in [1.165, 1.54) is 14.2 Å². The van der Waals surface area contributed by atoms with Crippen LogP contribution in [0.15, 0.2) is 23.5 Å². The first-order valence-electron chi connectivity index (χ1n) is 6.53. The largest absolute Gasteiger partial charge is 0.491 e. The van der Waals surface area contributed by atoms with Crippen LogP contribution in [-0.2, 0) is 28.5 Å². The Balaban J connectivity index is 1.93. The minimum Gasteiger partial charge on any atom is -0.491 e. The second-order valence-electron chi connectivity index (χ2n) is 5.43. The lowest BCUT2D eigenvalue weighted by Crippen LogP contribution is -2.66. The number of hydrogen-bond acceptors (Lipinski definition) is 6. The fourth-order valence-electron chi connectivity index (χ4n) is 3.86. The van der Waals surface area contributed by atoms with Gasteiger partial charge in [-0.2, -0.15) is 0 Å². The highest BCUT2D eigenvalue weighted by Crippen LogP contribution is 2.56. The Labute approximate surface area is 115 Å². The molecule has 6 nitrogen and oxygen atoms in total. The van der Waals surface area contributed by atoms with E-state index in [9.17, 15) is 9.59 Å². The smallest absolute Gasteiger partial charge is 0.334 e. The van der Waals surface area contributed by atoms with Gasteiger partial charge in [0, 0.05) is 18.6 Å². The van der Waals surface area contributed by atoms with Gasteiger partial charge in [-0.05, 0) is 6.08 Å². The van der Waals surface area contributed by atoms with Crippen molar-refractivity contribution < 1.29 is 28.5 Å². The zero-order valence-electron chi connectivity index (χ0n) is 11.1. The molecule has 0 N–H and O–H groups in total. The average molecular weight is 278 g/mol. The summed E-state index contributed by atoms with van der Waals surface area (Å²) in [4.78, 5) is 24.7. The van der Waals surface area contributed by atoms with Crippen LogP contribution >= 0.6 is 0 Å². The quantitative estimate of drug-likeness (QED) is 0.671. The lowest BCUT2D eigenvalue weighted by molar-refractivity contribution is -0.252. The summed E-state index contributed by atoms with van der Waals surface area (Å²) in [5.41, 5.74) is 0.414. The first kappa shape index (κ1) is 12.1. The highest BCUT2D eigenvalue weighted by molar-refractivity contribution is 6.00. The zero-order valence-corrected chi connectivity index (χ0v) is 11.1. The van der Waals surface area contributed by atoms with E-state index in [2.05, 4.69) is 0 Å². The third-order valence-corrected chi connectivity index (χ3v) is 4.69. The van der Waals surface area contributed by atoms with Crippen molar-refractivity contribution in [1.82, 2.24) is 0 Å². The summed E-state index contributed by atoms with van der Waals surface area (Å²) in [5, 5.41) is 0. The fourth-order valence-corrected chi connectivity index (χ4v) is 3.86. The van der Waals surface area contributed by atoms with Gasteiger partial charge in [0.25, 0.3) is 0 Å². The molecule has 2 fully saturated rings. The van der Waals surface area contributed by atoms with Crippen LogP contribution in [0, 0.1) is 17.8 Å². The maximum absolute atomic E-state index is 12.7. The number of ketones is 1. The maximum Gasteiger partial charge on any atom is 0.334 e. The Kier molecular flexibility index (Phi) is 2.24. The van der Waals surface area contributed by atoms with Crippen LogP contribution < -0.4 is 0 Å². The molecule has 1 unspecified atom stereocenters. The van der Waals surface area contributed by atoms with E-state index in [4.69, 9.17) is 18.9 Å². The first-order chi connectivity index (χ1) is 9.62. The van der Waals surface area contributed by atoms with Crippen LogP contribution in [0.2, 0.25) is 0 Å². The van der Waals surface area contributed by atoms with Crippen molar-refractivity contribution in [2.45, 2.75) is 11.9 Å². The Morgan fingerprint density at radius 1 is 1.40 bits per heavy atom. The highest BCUT2D eigenvalue weighted by atomic mass is 16.7. The number of carbonyl (C=O) groups excluding carboxylic acids is 2. The summed E-state index contributed by atoms with van der Waals surface area (Å²) >= 11 is 0. The van der Waals surface area contributed by atoms with Gasteiger partial charge in [-0.15, -0.1) is 0 Å². The van der Waals surface area contributed by atoms with Crippen molar-refractivity contribution in [1.29, 1.82) is 0 Å². The Morgan fingerprint density at radius 2 is 2.20 bits per heavy atom. The molecule has 5 rings (SSSR count). The van der Waals surface area contributed by atoms with Crippen molar-refractivity contribution in [2.24, 2.45) is 17.8 Å². The lowest BCUT2D eigenvalue weighted by Gasteiger charge is -2.50. The number of fused-ring (bicyclic) bond motifs is 1. The summed E-state index contributed by atoms with van der Waals surface area (Å²) in [6, 6.07) is 0. The standard InChI is InChI=1S/C14H14O6/c1-17-13(16)9-4-8-7-3-6-5-19-14(18-2,12(8)15)10(9)11(7)20-6/h3-4,7-8,10-11H,5H2,1-2H3/t7-,8-,10+,11-,14?/m1/s1. The van der Waals surface area contributed by atoms with Crippen LogP contribution in [0.25, 0.3) is 0 Å². The van der Waals surface area contributed by atoms with Crippen molar-refractivity contribution >= 4 is 11.8 Å². The van der Waals surface area contributed by atoms with Crippen LogP contribution in [0.5, 0.6) is 0 Å². The first-order valence-corrected chi connectivity index (χ1v) is 6.53. The molecule has 5 aliphatic rings. The van der Waals surface area contributed by atoms with E-state index in [1.54, 1.807) is 6.08 Å². The summed E-state index contributed by atoms with van der Waals surface area (Å²) < 4.78 is 21.8. The molecule has 1 saturated carbocycles. The molecule has 6 heteroatoms. The van der Waals surface area contributed by atoms with E-state index >= 15 is 0 Å². The van der Waals surface area contributed by atoms with Crippen LogP contribution in [-0.4, -0.2) is 44.5 Å². The van der Waals surface area contributed by atoms with Crippen molar-refractivity contribution in [3.8, 4) is 0 Å². The van der Waals surface area contributed by atoms with Crippen LogP contribution in [0.4, 0.5) is 0 Å². The number of rotatable bonds is 2. The van der Waals surface area contributed by atoms with Gasteiger partial charge in [0.1, 0.15) is 18.5 Å². The van der Waals surface area contributed by atoms with Gasteiger partial charge < -0.3 is 18.9 Å². The molecule has 0 spiro atoms. The molecule has 0 radical (unpaired) electrons. The molecular weight excluding hydrogens is 264 g/mol. The summed E-state index contributed by atoms with van der Waals surface area (Å²) in [6.07, 6.45) is 3.33. The number of Topliss-reactive ketones (excluding diaryl/α,β-unsaturated/α-hetero) is 1. The van der Waals surface area contributed by atoms with Gasteiger partial charge in [-0.1, -0.05) is 6.08 Å². The van der Waals surface area contributed by atoms with Gasteiger partial charge in [-0.3, -0.25) is 4.79 Å². The number of carbonyl (C=O) groups is 2. The summed E-state index contributed by atoms with van der Waals surface area (Å²) in [5.74, 6) is -2.41. The van der Waals surface area contributed by atoms with Gasteiger partial charge in [-0.25, -0.2) is 4.79 Å². The van der Waals surface area contributed by atoms with Crippen molar-refractivity contribution in [3.05, 3.63) is 23.5 Å². The van der Waals surface area contributed by atoms with Gasteiger partial charge in [0.2, 0.25) is 5.79 Å². The minimum atomic E-state index is -1.43. The topological polar surface area (TPSA) is 71.1 Å². The predicted octanol–water partition coefficient (Wildman–Crippen LogP) is 0.186. The maximum atomic E-state index is 12.7.